The highest BCUT2D eigenvalue weighted by Crippen LogP contribution is 2.21. The molecule has 0 bridgehead atoms. The fourth-order valence-corrected chi connectivity index (χ4v) is 4.16. The number of hydrogen-bond donors (Lipinski definition) is 1. The molecule has 17 heavy (non-hydrogen) atoms. The summed E-state index contributed by atoms with van der Waals surface area (Å²) in [6.07, 6.45) is 0.834. The first-order valence-corrected chi connectivity index (χ1v) is 7.46. The fraction of sp³-hybridized carbons (Fsp3) is 0.900. The van der Waals surface area contributed by atoms with Crippen molar-refractivity contribution >= 4 is 15.8 Å². The van der Waals surface area contributed by atoms with Crippen molar-refractivity contribution in [3.05, 3.63) is 0 Å². The van der Waals surface area contributed by atoms with E-state index >= 15 is 0 Å². The molecular weight excluding hydrogens is 246 g/mol. The lowest BCUT2D eigenvalue weighted by molar-refractivity contribution is -0.142. The van der Waals surface area contributed by atoms with Crippen LogP contribution in [0, 0.1) is 5.92 Å². The second kappa shape index (κ2) is 4.91. The topological polar surface area (TPSA) is 81.7 Å². The molecule has 3 unspecified atom stereocenters. The SMILES string of the molecule is COC(=O)C1CS(=O)(=O)CC(C2CCOC2)N1. The maximum atomic E-state index is 11.8. The maximum Gasteiger partial charge on any atom is 0.323 e. The van der Waals surface area contributed by atoms with Gasteiger partial charge in [-0.05, 0) is 6.42 Å². The Morgan fingerprint density at radius 1 is 1.41 bits per heavy atom. The van der Waals surface area contributed by atoms with Crippen LogP contribution >= 0.6 is 0 Å². The predicted octanol–water partition coefficient (Wildman–Crippen LogP) is -1.05. The molecule has 2 heterocycles. The van der Waals surface area contributed by atoms with Gasteiger partial charge >= 0.3 is 5.97 Å². The number of rotatable bonds is 2. The van der Waals surface area contributed by atoms with Crippen molar-refractivity contribution in [2.24, 2.45) is 5.92 Å². The lowest BCUT2D eigenvalue weighted by Gasteiger charge is -2.32. The second-order valence-corrected chi connectivity index (χ2v) is 6.70. The van der Waals surface area contributed by atoms with E-state index in [1.54, 1.807) is 0 Å². The van der Waals surface area contributed by atoms with E-state index in [2.05, 4.69) is 10.1 Å². The Bertz CT molecular complexity index is 388. The molecule has 0 aromatic rings. The third-order valence-corrected chi connectivity index (χ3v) is 5.00. The number of hydrogen-bond acceptors (Lipinski definition) is 6. The van der Waals surface area contributed by atoms with E-state index in [4.69, 9.17) is 4.74 Å². The molecule has 98 valence electrons. The summed E-state index contributed by atoms with van der Waals surface area (Å²) in [4.78, 5) is 11.4. The monoisotopic (exact) mass is 263 g/mol. The van der Waals surface area contributed by atoms with Crippen molar-refractivity contribution in [2.45, 2.75) is 18.5 Å². The Kier molecular flexibility index (Phi) is 3.70. The van der Waals surface area contributed by atoms with Gasteiger partial charge in [-0.2, -0.15) is 0 Å². The quantitative estimate of drug-likeness (QED) is 0.640. The van der Waals surface area contributed by atoms with Crippen LogP contribution in [0.1, 0.15) is 6.42 Å². The molecule has 0 amide bonds. The van der Waals surface area contributed by atoms with Gasteiger partial charge in [-0.15, -0.1) is 0 Å². The molecule has 2 fully saturated rings. The third kappa shape index (κ3) is 2.97. The van der Waals surface area contributed by atoms with E-state index in [1.165, 1.54) is 7.11 Å². The van der Waals surface area contributed by atoms with E-state index in [0.29, 0.717) is 13.2 Å². The molecule has 2 aliphatic heterocycles. The van der Waals surface area contributed by atoms with Gasteiger partial charge in [0.2, 0.25) is 0 Å². The molecule has 0 spiro atoms. The zero-order chi connectivity index (χ0) is 12.5. The highest BCUT2D eigenvalue weighted by atomic mass is 32.2. The number of esters is 1. The van der Waals surface area contributed by atoms with E-state index < -0.39 is 21.8 Å². The van der Waals surface area contributed by atoms with Gasteiger partial charge in [0.05, 0.1) is 25.2 Å². The van der Waals surface area contributed by atoms with Gasteiger partial charge < -0.3 is 9.47 Å². The number of carbonyl (C=O) groups excluding carboxylic acids is 1. The standard InChI is InChI=1S/C10H17NO5S/c1-15-10(12)9-6-17(13,14)5-8(11-9)7-2-3-16-4-7/h7-9,11H,2-6H2,1H3. The number of carbonyl (C=O) groups is 1. The van der Waals surface area contributed by atoms with Crippen molar-refractivity contribution in [1.82, 2.24) is 5.32 Å². The van der Waals surface area contributed by atoms with E-state index in [9.17, 15) is 13.2 Å². The number of nitrogens with one attached hydrogen (secondary N) is 1. The average Bonchev–Trinajstić information content (AvgIpc) is 2.79. The molecule has 2 rings (SSSR count). The summed E-state index contributed by atoms with van der Waals surface area (Å²) in [6, 6.07) is -0.954. The first-order chi connectivity index (χ1) is 8.02. The van der Waals surface area contributed by atoms with Crippen molar-refractivity contribution in [1.29, 1.82) is 0 Å². The largest absolute Gasteiger partial charge is 0.468 e. The van der Waals surface area contributed by atoms with Gasteiger partial charge in [-0.25, -0.2) is 8.42 Å². The van der Waals surface area contributed by atoms with Crippen LogP contribution in [0.15, 0.2) is 0 Å². The van der Waals surface area contributed by atoms with Crippen LogP contribution in [-0.2, 0) is 24.1 Å². The Balaban J connectivity index is 2.10. The summed E-state index contributed by atoms with van der Waals surface area (Å²) in [6.45, 7) is 1.22. The van der Waals surface area contributed by atoms with E-state index in [0.717, 1.165) is 6.42 Å². The zero-order valence-electron chi connectivity index (χ0n) is 9.72. The van der Waals surface area contributed by atoms with Gasteiger partial charge in [-0.3, -0.25) is 10.1 Å². The van der Waals surface area contributed by atoms with Crippen molar-refractivity contribution in [2.75, 3.05) is 31.8 Å². The second-order valence-electron chi connectivity index (χ2n) is 4.55. The Morgan fingerprint density at radius 2 is 2.18 bits per heavy atom. The Morgan fingerprint density at radius 3 is 2.76 bits per heavy atom. The Hall–Kier alpha value is -0.660. The minimum Gasteiger partial charge on any atom is -0.468 e. The van der Waals surface area contributed by atoms with Crippen LogP contribution in [0.4, 0.5) is 0 Å². The highest BCUT2D eigenvalue weighted by molar-refractivity contribution is 7.91. The molecule has 7 heteroatoms. The number of ether oxygens (including phenoxy) is 2. The van der Waals surface area contributed by atoms with Gasteiger partial charge in [0.1, 0.15) is 6.04 Å². The average molecular weight is 263 g/mol. The molecule has 0 saturated carbocycles. The van der Waals surface area contributed by atoms with Crippen molar-refractivity contribution in [3.63, 3.8) is 0 Å². The summed E-state index contributed by atoms with van der Waals surface area (Å²) in [5.41, 5.74) is 0. The molecule has 0 aliphatic carbocycles. The molecular formula is C10H17NO5S. The minimum absolute atomic E-state index is 0.0779. The summed E-state index contributed by atoms with van der Waals surface area (Å²) < 4.78 is 33.4. The van der Waals surface area contributed by atoms with Crippen molar-refractivity contribution < 1.29 is 22.7 Å². The van der Waals surface area contributed by atoms with Gasteiger partial charge in [0.15, 0.2) is 9.84 Å². The Labute approximate surface area is 101 Å². The number of sulfone groups is 1. The summed E-state index contributed by atoms with van der Waals surface area (Å²) in [5.74, 6) is -0.451. The molecule has 2 saturated heterocycles. The minimum atomic E-state index is -3.19. The normalized spacial score (nSPS) is 36.6. The zero-order valence-corrected chi connectivity index (χ0v) is 10.5. The predicted molar refractivity (Wildman–Crippen MR) is 60.3 cm³/mol. The van der Waals surface area contributed by atoms with Crippen molar-refractivity contribution in [3.8, 4) is 0 Å². The molecule has 0 radical (unpaired) electrons. The lowest BCUT2D eigenvalue weighted by Crippen LogP contribution is -2.58. The molecule has 2 aliphatic rings. The molecule has 6 nitrogen and oxygen atoms in total. The first kappa shape index (κ1) is 12.8. The molecule has 3 atom stereocenters. The molecule has 1 N–H and O–H groups in total. The van der Waals surface area contributed by atoms with Crippen LogP contribution in [0.25, 0.3) is 0 Å². The van der Waals surface area contributed by atoms with Crippen LogP contribution in [-0.4, -0.2) is 58.3 Å². The lowest BCUT2D eigenvalue weighted by atomic mass is 9.99. The smallest absolute Gasteiger partial charge is 0.323 e. The van der Waals surface area contributed by atoms with Gasteiger partial charge in [0, 0.05) is 18.6 Å². The van der Waals surface area contributed by atoms with Gasteiger partial charge in [-0.1, -0.05) is 0 Å². The van der Waals surface area contributed by atoms with Crippen LogP contribution in [0.5, 0.6) is 0 Å². The third-order valence-electron chi connectivity index (χ3n) is 3.29. The number of methoxy groups -OCH3 is 1. The molecule has 0 aromatic carbocycles. The van der Waals surface area contributed by atoms with Crippen LogP contribution < -0.4 is 5.32 Å². The fourth-order valence-electron chi connectivity index (χ4n) is 2.37. The summed E-state index contributed by atoms with van der Waals surface area (Å²) in [5, 5.41) is 3.07. The van der Waals surface area contributed by atoms with Crippen LogP contribution in [0.2, 0.25) is 0 Å². The van der Waals surface area contributed by atoms with E-state index in [-0.39, 0.29) is 23.5 Å². The van der Waals surface area contributed by atoms with Gasteiger partial charge in [0.25, 0.3) is 0 Å². The van der Waals surface area contributed by atoms with Crippen LogP contribution in [0.3, 0.4) is 0 Å². The summed E-state index contributed by atoms with van der Waals surface area (Å²) in [7, 11) is -1.93. The maximum absolute atomic E-state index is 11.8. The van der Waals surface area contributed by atoms with E-state index in [1.807, 2.05) is 0 Å². The highest BCUT2D eigenvalue weighted by Gasteiger charge is 2.39. The summed E-state index contributed by atoms with van der Waals surface area (Å²) >= 11 is 0. The first-order valence-electron chi connectivity index (χ1n) is 5.64. The molecule has 0 aromatic heterocycles.